The van der Waals surface area contributed by atoms with Crippen LogP contribution in [0.4, 0.5) is 13.2 Å². The second kappa shape index (κ2) is 4.64. The lowest BCUT2D eigenvalue weighted by Crippen LogP contribution is -2.03. The number of alkyl halides is 4. The van der Waals surface area contributed by atoms with Gasteiger partial charge in [-0.1, -0.05) is 40.2 Å². The second-order valence-corrected chi connectivity index (χ2v) is 3.32. The van der Waals surface area contributed by atoms with Gasteiger partial charge in [0.1, 0.15) is 0 Å². The predicted octanol–water partition coefficient (Wildman–Crippen LogP) is 4.11. The van der Waals surface area contributed by atoms with Crippen molar-refractivity contribution >= 4 is 22.0 Å². The highest BCUT2D eigenvalue weighted by molar-refractivity contribution is 9.09. The summed E-state index contributed by atoms with van der Waals surface area (Å²) in [5.74, 6) is 0. The Morgan fingerprint density at radius 3 is 2.14 bits per heavy atom. The van der Waals surface area contributed by atoms with Crippen molar-refractivity contribution in [3.05, 3.63) is 41.5 Å². The molecule has 0 amide bonds. The van der Waals surface area contributed by atoms with E-state index in [0.29, 0.717) is 5.33 Å². The molecule has 0 bridgehead atoms. The third-order valence-corrected chi connectivity index (χ3v) is 2.01. The highest BCUT2D eigenvalue weighted by Gasteiger charge is 2.29. The van der Waals surface area contributed by atoms with Gasteiger partial charge in [-0.3, -0.25) is 0 Å². The van der Waals surface area contributed by atoms with Crippen molar-refractivity contribution in [2.45, 2.75) is 6.18 Å². The number of hydrogen-bond acceptors (Lipinski definition) is 0. The Balaban J connectivity index is 2.84. The van der Waals surface area contributed by atoms with Crippen molar-refractivity contribution in [2.75, 3.05) is 5.33 Å². The first kappa shape index (κ1) is 11.3. The van der Waals surface area contributed by atoms with Gasteiger partial charge in [0.05, 0.1) is 5.56 Å². The molecule has 1 aromatic rings. The van der Waals surface area contributed by atoms with Gasteiger partial charge in [-0.2, -0.15) is 13.2 Å². The molecule has 0 atom stereocenters. The summed E-state index contributed by atoms with van der Waals surface area (Å²) < 4.78 is 36.4. The molecule has 0 heterocycles. The van der Waals surface area contributed by atoms with Crippen molar-refractivity contribution in [3.63, 3.8) is 0 Å². The number of allylic oxidation sites excluding steroid dienone is 1. The maximum atomic E-state index is 12.1. The summed E-state index contributed by atoms with van der Waals surface area (Å²) in [5.41, 5.74) is 0.144. The second-order valence-electron chi connectivity index (χ2n) is 2.68. The third kappa shape index (κ3) is 3.18. The molecule has 4 heteroatoms. The molecule has 0 aliphatic carbocycles. The lowest BCUT2D eigenvalue weighted by atomic mass is 10.1. The normalized spacial score (nSPS) is 12.3. The first-order valence-corrected chi connectivity index (χ1v) is 5.06. The van der Waals surface area contributed by atoms with E-state index < -0.39 is 11.7 Å². The fraction of sp³-hybridized carbons (Fsp3) is 0.200. The van der Waals surface area contributed by atoms with Crippen LogP contribution in [0.15, 0.2) is 30.3 Å². The highest BCUT2D eigenvalue weighted by atomic mass is 79.9. The molecule has 0 aliphatic heterocycles. The number of rotatable bonds is 2. The largest absolute Gasteiger partial charge is 0.416 e. The molecule has 0 N–H and O–H groups in total. The van der Waals surface area contributed by atoms with E-state index in [2.05, 4.69) is 15.9 Å². The molecule has 0 fully saturated rings. The summed E-state index contributed by atoms with van der Waals surface area (Å²) in [4.78, 5) is 0. The Hall–Kier alpha value is -0.770. The Bertz CT molecular complexity index is 311. The van der Waals surface area contributed by atoms with E-state index in [-0.39, 0.29) is 0 Å². The van der Waals surface area contributed by atoms with Gasteiger partial charge in [0.15, 0.2) is 0 Å². The standard InChI is InChI=1S/C10H8BrF3/c11-7-1-2-8-3-5-9(6-4-8)10(12,13)14/h1-6H,7H2. The van der Waals surface area contributed by atoms with Crippen molar-refractivity contribution < 1.29 is 13.2 Å². The van der Waals surface area contributed by atoms with Gasteiger partial charge in [0.2, 0.25) is 0 Å². The monoisotopic (exact) mass is 264 g/mol. The topological polar surface area (TPSA) is 0 Å². The lowest BCUT2D eigenvalue weighted by Gasteiger charge is -2.05. The SMILES string of the molecule is FC(F)(F)c1ccc(C=CCBr)cc1. The van der Waals surface area contributed by atoms with Crippen LogP contribution in [0.2, 0.25) is 0 Å². The molecule has 0 radical (unpaired) electrons. The highest BCUT2D eigenvalue weighted by Crippen LogP contribution is 2.29. The van der Waals surface area contributed by atoms with Crippen LogP contribution in [0.1, 0.15) is 11.1 Å². The van der Waals surface area contributed by atoms with E-state index in [0.717, 1.165) is 17.7 Å². The number of benzene rings is 1. The van der Waals surface area contributed by atoms with Gasteiger partial charge in [-0.25, -0.2) is 0 Å². The zero-order valence-corrected chi connectivity index (χ0v) is 8.77. The summed E-state index contributed by atoms with van der Waals surface area (Å²) in [7, 11) is 0. The summed E-state index contributed by atoms with van der Waals surface area (Å²) in [6, 6.07) is 5.05. The molecule has 0 aliphatic rings. The van der Waals surface area contributed by atoms with E-state index >= 15 is 0 Å². The molecular weight excluding hydrogens is 257 g/mol. The molecule has 0 nitrogen and oxygen atoms in total. The summed E-state index contributed by atoms with van der Waals surface area (Å²) in [6.07, 6.45) is -0.671. The van der Waals surface area contributed by atoms with Crippen LogP contribution >= 0.6 is 15.9 Å². The van der Waals surface area contributed by atoms with Gasteiger partial charge in [-0.15, -0.1) is 0 Å². The third-order valence-electron chi connectivity index (χ3n) is 1.64. The lowest BCUT2D eigenvalue weighted by molar-refractivity contribution is -0.137. The molecule has 0 saturated carbocycles. The van der Waals surface area contributed by atoms with Crippen molar-refractivity contribution in [1.29, 1.82) is 0 Å². The molecule has 76 valence electrons. The number of hydrogen-bond donors (Lipinski definition) is 0. The van der Waals surface area contributed by atoms with E-state index in [1.807, 2.05) is 6.08 Å². The molecule has 1 aromatic carbocycles. The summed E-state index contributed by atoms with van der Waals surface area (Å²) in [5, 5.41) is 0.689. The van der Waals surface area contributed by atoms with Crippen LogP contribution in [0, 0.1) is 0 Å². The quantitative estimate of drug-likeness (QED) is 0.706. The minimum atomic E-state index is -4.25. The van der Waals surface area contributed by atoms with Crippen LogP contribution in [0.25, 0.3) is 6.08 Å². The van der Waals surface area contributed by atoms with Gasteiger partial charge in [0.25, 0.3) is 0 Å². The van der Waals surface area contributed by atoms with Gasteiger partial charge in [-0.05, 0) is 17.7 Å². The van der Waals surface area contributed by atoms with Crippen molar-refractivity contribution in [1.82, 2.24) is 0 Å². The van der Waals surface area contributed by atoms with Crippen molar-refractivity contribution in [3.8, 4) is 0 Å². The minimum absolute atomic E-state index is 0.617. The molecular formula is C10H8BrF3. The molecule has 0 spiro atoms. The average Bonchev–Trinajstić information content (AvgIpc) is 2.14. The molecule has 0 unspecified atom stereocenters. The minimum Gasteiger partial charge on any atom is -0.166 e. The number of halogens is 4. The molecule has 0 aromatic heterocycles. The first-order valence-electron chi connectivity index (χ1n) is 3.94. The average molecular weight is 265 g/mol. The molecule has 14 heavy (non-hydrogen) atoms. The maximum absolute atomic E-state index is 12.1. The summed E-state index contributed by atoms with van der Waals surface area (Å²) in [6.45, 7) is 0. The van der Waals surface area contributed by atoms with Crippen LogP contribution in [0.5, 0.6) is 0 Å². The molecule has 0 saturated heterocycles. The Labute approximate surface area is 88.6 Å². The summed E-state index contributed by atoms with van der Waals surface area (Å²) >= 11 is 3.19. The first-order chi connectivity index (χ1) is 6.54. The van der Waals surface area contributed by atoms with Gasteiger partial charge >= 0.3 is 6.18 Å². The fourth-order valence-corrected chi connectivity index (χ4v) is 1.15. The Kier molecular flexibility index (Phi) is 3.75. The zero-order chi connectivity index (χ0) is 10.6. The van der Waals surface area contributed by atoms with Crippen LogP contribution in [-0.2, 0) is 6.18 Å². The maximum Gasteiger partial charge on any atom is 0.416 e. The zero-order valence-electron chi connectivity index (χ0n) is 7.18. The fourth-order valence-electron chi connectivity index (χ4n) is 0.964. The Morgan fingerprint density at radius 1 is 1.14 bits per heavy atom. The predicted molar refractivity (Wildman–Crippen MR) is 54.3 cm³/mol. The van der Waals surface area contributed by atoms with E-state index in [1.54, 1.807) is 6.08 Å². The smallest absolute Gasteiger partial charge is 0.166 e. The van der Waals surface area contributed by atoms with Gasteiger partial charge in [0, 0.05) is 5.33 Å². The Morgan fingerprint density at radius 2 is 1.71 bits per heavy atom. The van der Waals surface area contributed by atoms with Crippen LogP contribution in [0.3, 0.4) is 0 Å². The van der Waals surface area contributed by atoms with Crippen LogP contribution in [-0.4, -0.2) is 5.33 Å². The van der Waals surface area contributed by atoms with E-state index in [1.165, 1.54) is 12.1 Å². The van der Waals surface area contributed by atoms with E-state index in [9.17, 15) is 13.2 Å². The van der Waals surface area contributed by atoms with E-state index in [4.69, 9.17) is 0 Å². The van der Waals surface area contributed by atoms with Crippen LogP contribution < -0.4 is 0 Å². The van der Waals surface area contributed by atoms with Crippen molar-refractivity contribution in [2.24, 2.45) is 0 Å². The molecule has 1 rings (SSSR count). The van der Waals surface area contributed by atoms with Gasteiger partial charge < -0.3 is 0 Å².